The maximum atomic E-state index is 13.6. The van der Waals surface area contributed by atoms with Crippen molar-refractivity contribution in [1.82, 2.24) is 4.98 Å². The van der Waals surface area contributed by atoms with Gasteiger partial charge in [0.1, 0.15) is 5.82 Å². The highest BCUT2D eigenvalue weighted by molar-refractivity contribution is 7.09. The third-order valence-corrected chi connectivity index (χ3v) is 3.96. The number of halogens is 1. The topological polar surface area (TPSA) is 33.2 Å². The third kappa shape index (κ3) is 3.04. The van der Waals surface area contributed by atoms with Crippen molar-refractivity contribution < 1.29 is 9.18 Å². The maximum Gasteiger partial charge on any atom is 0.161 e. The quantitative estimate of drug-likeness (QED) is 0.805. The van der Waals surface area contributed by atoms with Crippen molar-refractivity contribution in [3.05, 3.63) is 45.2 Å². The zero-order valence-corrected chi connectivity index (χ0v) is 12.8. The van der Waals surface area contributed by atoms with Gasteiger partial charge in [0.15, 0.2) is 5.78 Å². The second-order valence-electron chi connectivity index (χ2n) is 4.89. The van der Waals surface area contributed by atoms with Crippen LogP contribution >= 0.6 is 11.3 Å². The summed E-state index contributed by atoms with van der Waals surface area (Å²) < 4.78 is 13.6. The van der Waals surface area contributed by atoms with E-state index in [1.54, 1.807) is 24.3 Å². The Hall–Kier alpha value is -1.75. The summed E-state index contributed by atoms with van der Waals surface area (Å²) in [7, 11) is 1.88. The van der Waals surface area contributed by atoms with E-state index < -0.39 is 0 Å². The number of anilines is 1. The largest absolute Gasteiger partial charge is 0.368 e. The van der Waals surface area contributed by atoms with E-state index in [1.165, 1.54) is 13.0 Å². The van der Waals surface area contributed by atoms with Gasteiger partial charge in [-0.05, 0) is 38.5 Å². The summed E-state index contributed by atoms with van der Waals surface area (Å²) in [6, 6.07) is 3.03. The summed E-state index contributed by atoms with van der Waals surface area (Å²) >= 11 is 1.59. The number of nitrogens with zero attached hydrogens (tertiary/aromatic N) is 2. The number of rotatable bonds is 4. The van der Waals surface area contributed by atoms with Crippen LogP contribution in [-0.4, -0.2) is 17.8 Å². The number of hydrogen-bond donors (Lipinski definition) is 0. The van der Waals surface area contributed by atoms with Crippen LogP contribution in [0.5, 0.6) is 0 Å². The Morgan fingerprint density at radius 1 is 1.40 bits per heavy atom. The number of thiazole rings is 1. The first-order valence-electron chi connectivity index (χ1n) is 6.31. The molecule has 0 spiro atoms. The number of aryl methyl sites for hydroxylation is 2. The van der Waals surface area contributed by atoms with Crippen LogP contribution in [0.15, 0.2) is 17.5 Å². The minimum absolute atomic E-state index is 0.139. The number of ketones is 1. The van der Waals surface area contributed by atoms with E-state index >= 15 is 0 Å². The lowest BCUT2D eigenvalue weighted by Gasteiger charge is -2.21. The second-order valence-corrected chi connectivity index (χ2v) is 5.95. The maximum absolute atomic E-state index is 13.6. The predicted molar refractivity (Wildman–Crippen MR) is 80.1 cm³/mol. The van der Waals surface area contributed by atoms with Crippen molar-refractivity contribution in [3.8, 4) is 0 Å². The fourth-order valence-corrected chi connectivity index (χ4v) is 2.68. The summed E-state index contributed by atoms with van der Waals surface area (Å²) in [4.78, 5) is 18.0. The van der Waals surface area contributed by atoms with Gasteiger partial charge in [0, 0.05) is 23.7 Å². The van der Waals surface area contributed by atoms with E-state index in [-0.39, 0.29) is 11.6 Å². The lowest BCUT2D eigenvalue weighted by atomic mass is 10.0. The number of carbonyl (C=O) groups excluding carboxylic acids is 1. The Balaban J connectivity index is 2.35. The van der Waals surface area contributed by atoms with E-state index in [4.69, 9.17) is 0 Å². The van der Waals surface area contributed by atoms with Crippen LogP contribution in [-0.2, 0) is 6.54 Å². The van der Waals surface area contributed by atoms with Gasteiger partial charge in [0.25, 0.3) is 0 Å². The molecule has 0 N–H and O–H groups in total. The molecule has 1 aromatic carbocycles. The van der Waals surface area contributed by atoms with Crippen LogP contribution in [0.4, 0.5) is 10.1 Å². The number of benzene rings is 1. The molecule has 0 amide bonds. The van der Waals surface area contributed by atoms with E-state index in [9.17, 15) is 9.18 Å². The molecular formula is C15H17FN2OS. The molecule has 106 valence electrons. The van der Waals surface area contributed by atoms with Crippen LogP contribution in [0.1, 0.15) is 33.5 Å². The summed E-state index contributed by atoms with van der Waals surface area (Å²) in [6.07, 6.45) is 0. The molecule has 1 aromatic heterocycles. The van der Waals surface area contributed by atoms with E-state index in [2.05, 4.69) is 4.98 Å². The molecule has 0 bridgehead atoms. The Morgan fingerprint density at radius 3 is 2.65 bits per heavy atom. The Morgan fingerprint density at radius 2 is 2.10 bits per heavy atom. The first kappa shape index (κ1) is 14.7. The van der Waals surface area contributed by atoms with Gasteiger partial charge >= 0.3 is 0 Å². The molecular weight excluding hydrogens is 275 g/mol. The molecule has 1 heterocycles. The van der Waals surface area contributed by atoms with E-state index in [0.29, 0.717) is 17.7 Å². The molecule has 0 saturated heterocycles. The zero-order valence-electron chi connectivity index (χ0n) is 12.0. The summed E-state index contributed by atoms with van der Waals surface area (Å²) in [6.45, 7) is 5.70. The van der Waals surface area contributed by atoms with Gasteiger partial charge in [-0.1, -0.05) is 0 Å². The number of aromatic nitrogens is 1. The monoisotopic (exact) mass is 292 g/mol. The van der Waals surface area contributed by atoms with Crippen molar-refractivity contribution in [2.75, 3.05) is 11.9 Å². The smallest absolute Gasteiger partial charge is 0.161 e. The summed E-state index contributed by atoms with van der Waals surface area (Å²) in [5, 5.41) is 3.01. The lowest BCUT2D eigenvalue weighted by Crippen LogP contribution is -2.19. The average Bonchev–Trinajstić information content (AvgIpc) is 2.77. The van der Waals surface area contributed by atoms with Gasteiger partial charge in [0.05, 0.1) is 17.2 Å². The van der Waals surface area contributed by atoms with Crippen molar-refractivity contribution in [2.24, 2.45) is 0 Å². The number of hydrogen-bond acceptors (Lipinski definition) is 4. The minimum Gasteiger partial charge on any atom is -0.368 e. The normalized spacial score (nSPS) is 10.7. The van der Waals surface area contributed by atoms with Crippen molar-refractivity contribution in [2.45, 2.75) is 27.3 Å². The van der Waals surface area contributed by atoms with Gasteiger partial charge in [-0.25, -0.2) is 9.37 Å². The third-order valence-electron chi connectivity index (χ3n) is 3.13. The lowest BCUT2D eigenvalue weighted by molar-refractivity contribution is 0.101. The highest BCUT2D eigenvalue weighted by atomic mass is 32.1. The highest BCUT2D eigenvalue weighted by Crippen LogP contribution is 2.25. The van der Waals surface area contributed by atoms with Gasteiger partial charge in [-0.15, -0.1) is 11.3 Å². The van der Waals surface area contributed by atoms with Crippen LogP contribution in [0.2, 0.25) is 0 Å². The molecule has 20 heavy (non-hydrogen) atoms. The van der Waals surface area contributed by atoms with Crippen molar-refractivity contribution in [3.63, 3.8) is 0 Å². The van der Waals surface area contributed by atoms with Gasteiger partial charge in [-0.2, -0.15) is 0 Å². The van der Waals surface area contributed by atoms with Crippen molar-refractivity contribution >= 4 is 22.8 Å². The molecule has 2 rings (SSSR count). The average molecular weight is 292 g/mol. The molecule has 0 fully saturated rings. The molecule has 2 aromatic rings. The predicted octanol–water partition coefficient (Wildman–Crippen LogP) is 3.74. The number of Topliss-reactive ketones (excluding diaryl/α,β-unsaturated/α-hetero) is 1. The highest BCUT2D eigenvalue weighted by Gasteiger charge is 2.15. The fraction of sp³-hybridized carbons (Fsp3) is 0.333. The molecule has 0 aliphatic carbocycles. The van der Waals surface area contributed by atoms with Gasteiger partial charge < -0.3 is 4.90 Å². The van der Waals surface area contributed by atoms with E-state index in [0.717, 1.165) is 16.4 Å². The Kier molecular flexibility index (Phi) is 4.18. The van der Waals surface area contributed by atoms with E-state index in [1.807, 2.05) is 24.3 Å². The molecule has 0 atom stereocenters. The van der Waals surface area contributed by atoms with Crippen LogP contribution < -0.4 is 4.90 Å². The molecule has 5 heteroatoms. The first-order chi connectivity index (χ1) is 9.38. The standard InChI is InChI=1S/C15H17FN2OS/c1-9-5-15(13(10(2)19)6-14(9)16)18(4)7-12-8-20-11(3)17-12/h5-6,8H,7H2,1-4H3. The number of carbonyl (C=O) groups is 1. The Bertz CT molecular complexity index is 651. The first-order valence-corrected chi connectivity index (χ1v) is 7.19. The molecule has 0 saturated carbocycles. The molecule has 0 unspecified atom stereocenters. The van der Waals surface area contributed by atoms with Gasteiger partial charge in [-0.3, -0.25) is 4.79 Å². The second kappa shape index (κ2) is 5.71. The van der Waals surface area contributed by atoms with Gasteiger partial charge in [0.2, 0.25) is 0 Å². The molecule has 3 nitrogen and oxygen atoms in total. The Labute approximate surface area is 122 Å². The summed E-state index contributed by atoms with van der Waals surface area (Å²) in [5.74, 6) is -0.489. The molecule has 0 aliphatic rings. The SMILES string of the molecule is CC(=O)c1cc(F)c(C)cc1N(C)Cc1csc(C)n1. The minimum atomic E-state index is -0.350. The van der Waals surface area contributed by atoms with Crippen LogP contribution in [0.25, 0.3) is 0 Å². The fourth-order valence-electron chi connectivity index (χ4n) is 2.07. The molecule has 0 radical (unpaired) electrons. The summed E-state index contributed by atoms with van der Waals surface area (Å²) in [5.41, 5.74) is 2.63. The molecule has 0 aliphatic heterocycles. The van der Waals surface area contributed by atoms with Crippen molar-refractivity contribution in [1.29, 1.82) is 0 Å². The van der Waals surface area contributed by atoms with Crippen LogP contribution in [0.3, 0.4) is 0 Å². The zero-order chi connectivity index (χ0) is 14.9. The van der Waals surface area contributed by atoms with Crippen LogP contribution in [0, 0.1) is 19.7 Å².